The molecule has 0 spiro atoms. The number of ether oxygens (including phenoxy) is 3. The van der Waals surface area contributed by atoms with Crippen LogP contribution in [-0.2, 0) is 41.9 Å². The molecular weight excluding hydrogens is 1420 g/mol. The summed E-state index contributed by atoms with van der Waals surface area (Å²) in [6, 6.07) is 42.5. The number of nitrogens with one attached hydrogen (secondary N) is 1. The minimum Gasteiger partial charge on any atom is -0.508 e. The zero-order valence-corrected chi connectivity index (χ0v) is 61.2. The van der Waals surface area contributed by atoms with E-state index in [1.807, 2.05) is 56.3 Å². The van der Waals surface area contributed by atoms with Gasteiger partial charge in [0.05, 0.1) is 45.4 Å². The number of carbonyl (C=O) groups excluding carboxylic acids is 6. The Bertz CT molecular complexity index is 4990. The number of para-hydroxylation sites is 1. The number of oxime groups is 1. The van der Waals surface area contributed by atoms with E-state index in [1.165, 1.54) is 79.8 Å². The van der Waals surface area contributed by atoms with E-state index in [4.69, 9.17) is 46.9 Å². The number of fused-ring (bicyclic) bond motifs is 5. The zero-order chi connectivity index (χ0) is 75.9. The number of halogens is 3. The minimum absolute atomic E-state index is 0.0274. The highest BCUT2D eigenvalue weighted by atomic mass is 35.5. The maximum absolute atomic E-state index is 13.5. The lowest BCUT2D eigenvalue weighted by molar-refractivity contribution is -0.132. The first kappa shape index (κ1) is 77.9. The smallest absolute Gasteiger partial charge is 0.466 e. The van der Waals surface area contributed by atoms with E-state index in [0.29, 0.717) is 50.2 Å². The van der Waals surface area contributed by atoms with Crippen molar-refractivity contribution in [2.45, 2.75) is 92.1 Å². The molecule has 550 valence electrons. The van der Waals surface area contributed by atoms with Gasteiger partial charge in [-0.15, -0.1) is 0 Å². The van der Waals surface area contributed by atoms with Crippen LogP contribution in [0.4, 0.5) is 27.3 Å². The van der Waals surface area contributed by atoms with Crippen molar-refractivity contribution in [3.63, 3.8) is 0 Å². The third-order valence-corrected chi connectivity index (χ3v) is 18.7. The van der Waals surface area contributed by atoms with Crippen LogP contribution in [0.5, 0.6) is 11.5 Å². The van der Waals surface area contributed by atoms with Crippen LogP contribution in [0.25, 0.3) is 27.8 Å². The van der Waals surface area contributed by atoms with Gasteiger partial charge in [0.25, 0.3) is 5.91 Å². The lowest BCUT2D eigenvalue weighted by atomic mass is 9.82. The number of pyridine rings is 2. The molecule has 4 aliphatic rings. The van der Waals surface area contributed by atoms with Crippen molar-refractivity contribution in [3.05, 3.63) is 242 Å². The molecule has 13 rings (SSSR count). The quantitative estimate of drug-likeness (QED) is 0.0244. The van der Waals surface area contributed by atoms with Crippen LogP contribution in [-0.4, -0.2) is 131 Å². The van der Waals surface area contributed by atoms with Crippen molar-refractivity contribution in [1.29, 1.82) is 0 Å². The summed E-state index contributed by atoms with van der Waals surface area (Å²) in [6.45, 7) is 17.2. The number of nitrogens with zero attached hydrogens (tertiary/aromatic N) is 6. The fourth-order valence-corrected chi connectivity index (χ4v) is 13.1. The molecular formula is C80H78Cl2FN7O15S. The molecule has 7 aromatic carbocycles. The minimum atomic E-state index is -4.71. The van der Waals surface area contributed by atoms with Crippen LogP contribution in [0.15, 0.2) is 170 Å². The molecule has 106 heavy (non-hydrogen) atoms. The lowest BCUT2D eigenvalue weighted by Crippen LogP contribution is -2.46. The standard InChI is InChI=1S/C23H30FN3.C20H19ClN2O3.C20H14O7.C17H15ClN2O5S/c1-2-26-13-15-27(16-14-26)23-17-21(18-9-11-19(24)12-10-18)20-7-5-3-4-6-8-22(20)25-23;1-2-14(24)12-26-20(25)16-5-3-4-6-17(16)23-18-9-10-22-19-11-13(21)7-8-15(18)19;1-9(21)12-7-14-18(16(8-12)27-11(3)23)20(25)17-13(19(14)24)5-4-6-15(17)26-10(2)22;1-11-4-2-3-5-13(11)17(21)20-9-8-15(19-25-26(22,23)24)14-7-6-12(18)10-16(14)20/h9-12,17H,2-8,13-16H2,1H3;3-11,14,24H,2,12H2,1H3,(H,22,23);4-8,21H,1H2,2-3H3;2-7,10H,8-9H2,1H3,(H,22,23,24)/b;;;19-15+. The molecule has 4 N–H and O–H groups in total. The molecule has 9 aromatic rings. The average Bonchev–Trinajstić information content (AvgIpc) is 0.733. The van der Waals surface area contributed by atoms with E-state index in [0.717, 1.165) is 86.0 Å². The number of amides is 1. The van der Waals surface area contributed by atoms with Crippen molar-refractivity contribution in [2.75, 3.05) is 61.0 Å². The van der Waals surface area contributed by atoms with E-state index in [1.54, 1.807) is 83.9 Å². The van der Waals surface area contributed by atoms with Gasteiger partial charge in [0.1, 0.15) is 35.5 Å². The molecule has 1 amide bonds. The number of likely N-dealkylation sites (N-methyl/N-ethyl adjacent to an activating group) is 1. The largest absolute Gasteiger partial charge is 0.508 e. The van der Waals surface area contributed by atoms with Crippen LogP contribution < -0.4 is 24.6 Å². The fraction of sp³-hybridized carbons (Fsp3) is 0.263. The van der Waals surface area contributed by atoms with Crippen LogP contribution in [0.2, 0.25) is 10.0 Å². The summed E-state index contributed by atoms with van der Waals surface area (Å²) in [5, 5.41) is 28.0. The molecule has 1 saturated heterocycles. The van der Waals surface area contributed by atoms with Crippen LogP contribution in [0.3, 0.4) is 0 Å². The second-order valence-corrected chi connectivity index (χ2v) is 27.1. The Morgan fingerprint density at radius 1 is 0.698 bits per heavy atom. The first-order valence-electron chi connectivity index (χ1n) is 34.4. The van der Waals surface area contributed by atoms with E-state index >= 15 is 0 Å². The first-order valence-corrected chi connectivity index (χ1v) is 36.5. The number of hydrogen-bond acceptors (Lipinski definition) is 20. The summed E-state index contributed by atoms with van der Waals surface area (Å²) in [6.07, 6.45) is 8.97. The Labute approximate surface area is 623 Å². The van der Waals surface area contributed by atoms with Gasteiger partial charge in [-0.2, -0.15) is 8.42 Å². The average molecular weight is 1500 g/mol. The lowest BCUT2D eigenvalue weighted by Gasteiger charge is -2.35. The van der Waals surface area contributed by atoms with Crippen LogP contribution in [0, 0.1) is 12.7 Å². The van der Waals surface area contributed by atoms with E-state index < -0.39 is 46.0 Å². The number of anilines is 4. The van der Waals surface area contributed by atoms with Crippen molar-refractivity contribution in [1.82, 2.24) is 14.9 Å². The van der Waals surface area contributed by atoms with Gasteiger partial charge in [-0.05, 0) is 165 Å². The Morgan fingerprint density at radius 2 is 1.37 bits per heavy atom. The van der Waals surface area contributed by atoms with Gasteiger partial charge >= 0.3 is 28.3 Å². The van der Waals surface area contributed by atoms with Crippen LogP contribution in [0.1, 0.15) is 147 Å². The number of carbonyl (C=O) groups is 6. The summed E-state index contributed by atoms with van der Waals surface area (Å²) in [5.41, 5.74) is 10.2. The van der Waals surface area contributed by atoms with Crippen molar-refractivity contribution in [2.24, 2.45) is 5.16 Å². The Morgan fingerprint density at radius 3 is 2.06 bits per heavy atom. The predicted molar refractivity (Wildman–Crippen MR) is 405 cm³/mol. The summed E-state index contributed by atoms with van der Waals surface area (Å²) in [5.74, 6) is -2.89. The van der Waals surface area contributed by atoms with E-state index in [2.05, 4.69) is 49.1 Å². The van der Waals surface area contributed by atoms with Gasteiger partial charge < -0.3 is 44.4 Å². The van der Waals surface area contributed by atoms with Gasteiger partial charge in [-0.1, -0.05) is 116 Å². The molecule has 0 saturated carbocycles. The first-order chi connectivity index (χ1) is 50.8. The summed E-state index contributed by atoms with van der Waals surface area (Å²) >= 11 is 12.1. The molecule has 26 heteroatoms. The number of benzene rings is 7. The predicted octanol–water partition coefficient (Wildman–Crippen LogP) is 15.3. The molecule has 1 unspecified atom stereocenters. The Kier molecular flexibility index (Phi) is 26.0. The molecule has 22 nitrogen and oxygen atoms in total. The topological polar surface area (TPSA) is 294 Å². The summed E-state index contributed by atoms with van der Waals surface area (Å²) in [7, 11) is -4.71. The number of aromatic nitrogens is 2. The van der Waals surface area contributed by atoms with Gasteiger partial charge in [0.2, 0.25) is 5.78 Å². The number of rotatable bonds is 15. The van der Waals surface area contributed by atoms with Crippen molar-refractivity contribution < 1.29 is 74.8 Å². The second kappa shape index (κ2) is 35.4. The van der Waals surface area contributed by atoms with E-state index in [-0.39, 0.29) is 76.4 Å². The maximum atomic E-state index is 13.5. The number of ketones is 2. The summed E-state index contributed by atoms with van der Waals surface area (Å²) in [4.78, 5) is 90.2. The zero-order valence-electron chi connectivity index (χ0n) is 58.9. The molecule has 0 radical (unpaired) electrons. The molecule has 4 heterocycles. The SMILES string of the molecule is C=C(O)c1cc(OC(C)=O)c2c(c1)C(=O)c1cccc(OC(C)=O)c1C2=O.CCC(O)COC(=O)c1ccccc1Nc1ccnc2cc(Cl)ccc12.CCN1CCN(c2cc(-c3ccc(F)cc3)c3c(n2)CCCCCC3)CC1.Cc1ccccc1C(=O)N1CC/C(=N\OS(=O)(=O)O)c2ccc(Cl)cc21. The number of piperazine rings is 1. The second-order valence-electron chi connectivity index (χ2n) is 25.2. The third kappa shape index (κ3) is 19.4. The highest BCUT2D eigenvalue weighted by molar-refractivity contribution is 7.80. The number of aliphatic hydroxyl groups excluding tert-OH is 2. The van der Waals surface area contributed by atoms with Crippen molar-refractivity contribution in [3.8, 4) is 22.6 Å². The third-order valence-electron chi connectivity index (χ3n) is 18.0. The summed E-state index contributed by atoms with van der Waals surface area (Å²) < 4.78 is 63.2. The van der Waals surface area contributed by atoms with Gasteiger partial charge in [-0.3, -0.25) is 33.5 Å². The molecule has 2 aromatic heterocycles. The Balaban J connectivity index is 0.000000151. The van der Waals surface area contributed by atoms with Crippen molar-refractivity contribution >= 4 is 114 Å². The highest BCUT2D eigenvalue weighted by Gasteiger charge is 2.37. The molecule has 0 bridgehead atoms. The Hall–Kier alpha value is -10.7. The molecule has 1 atom stereocenters. The highest BCUT2D eigenvalue weighted by Crippen LogP contribution is 2.41. The molecule has 1 fully saturated rings. The number of esters is 3. The van der Waals surface area contributed by atoms with Gasteiger partial charge in [-0.25, -0.2) is 18.5 Å². The van der Waals surface area contributed by atoms with Crippen LogP contribution >= 0.6 is 23.2 Å². The van der Waals surface area contributed by atoms with Gasteiger partial charge in [0.15, 0.2) is 5.78 Å². The molecule has 2 aliphatic heterocycles. The number of aryl methyl sites for hydroxylation is 2. The maximum Gasteiger partial charge on any atom is 0.466 e. The number of hydrogen-bond donors (Lipinski definition) is 4. The molecule has 2 aliphatic carbocycles. The van der Waals surface area contributed by atoms with Gasteiger partial charge in [0, 0.05) is 114 Å². The number of aliphatic hydroxyl groups is 2. The van der Waals surface area contributed by atoms with E-state index in [9.17, 15) is 51.8 Å². The normalized spacial score (nSPS) is 14.6. The fourth-order valence-electron chi connectivity index (χ4n) is 12.6. The monoisotopic (exact) mass is 1500 g/mol.